The molecule has 0 radical (unpaired) electrons. The summed E-state index contributed by atoms with van der Waals surface area (Å²) in [5, 5.41) is 15.0. The number of carbonyl (C=O) groups is 3. The molecule has 0 saturated heterocycles. The zero-order valence-corrected chi connectivity index (χ0v) is 21.9. The van der Waals surface area contributed by atoms with Crippen LogP contribution in [0.25, 0.3) is 0 Å². The zero-order valence-electron chi connectivity index (χ0n) is 21.9. The van der Waals surface area contributed by atoms with Crippen molar-refractivity contribution in [2.45, 2.75) is 71.3 Å². The molecule has 1 aliphatic rings. The Balaban J connectivity index is 2.34. The molecule has 0 fully saturated rings. The average molecular weight is 531 g/mol. The van der Waals surface area contributed by atoms with Gasteiger partial charge in [0, 0.05) is 43.2 Å². The van der Waals surface area contributed by atoms with E-state index in [1.54, 1.807) is 24.9 Å². The number of amides is 4. The van der Waals surface area contributed by atoms with Crippen LogP contribution in [0.15, 0.2) is 18.2 Å². The van der Waals surface area contributed by atoms with Gasteiger partial charge >= 0.3 is 12.2 Å². The van der Waals surface area contributed by atoms with Crippen LogP contribution in [0.2, 0.25) is 0 Å². The van der Waals surface area contributed by atoms with Crippen molar-refractivity contribution in [1.82, 2.24) is 15.1 Å². The first kappa shape index (κ1) is 30.2. The Bertz CT molecular complexity index is 957. The third-order valence-corrected chi connectivity index (χ3v) is 6.05. The molecule has 3 N–H and O–H groups in total. The normalized spacial score (nSPS) is 19.2. The third-order valence-electron chi connectivity index (χ3n) is 6.05. The number of anilines is 1. The lowest BCUT2D eigenvalue weighted by atomic mass is 10.0. The monoisotopic (exact) mass is 530 g/mol. The number of carbonyl (C=O) groups excluding carboxylic acids is 3. The van der Waals surface area contributed by atoms with Crippen LogP contribution in [0.5, 0.6) is 5.75 Å². The highest BCUT2D eigenvalue weighted by atomic mass is 19.4. The Labute approximate surface area is 215 Å². The lowest BCUT2D eigenvalue weighted by Gasteiger charge is -2.34. The Hall–Kier alpha value is -3.02. The Morgan fingerprint density at radius 3 is 2.54 bits per heavy atom. The van der Waals surface area contributed by atoms with E-state index in [9.17, 15) is 32.7 Å². The van der Waals surface area contributed by atoms with E-state index in [4.69, 9.17) is 4.74 Å². The van der Waals surface area contributed by atoms with Gasteiger partial charge in [0.1, 0.15) is 11.9 Å². The fourth-order valence-electron chi connectivity index (χ4n) is 3.91. The lowest BCUT2D eigenvalue weighted by molar-refractivity contribution is -0.142. The summed E-state index contributed by atoms with van der Waals surface area (Å²) in [6, 6.07) is 3.75. The largest absolute Gasteiger partial charge is 0.488 e. The summed E-state index contributed by atoms with van der Waals surface area (Å²) >= 11 is 0. The maximum Gasteiger partial charge on any atom is 0.389 e. The van der Waals surface area contributed by atoms with E-state index in [1.807, 2.05) is 20.8 Å². The van der Waals surface area contributed by atoms with Gasteiger partial charge in [-0.15, -0.1) is 0 Å². The number of alkyl halides is 3. The summed E-state index contributed by atoms with van der Waals surface area (Å²) in [7, 11) is 1.64. The summed E-state index contributed by atoms with van der Waals surface area (Å²) in [5.41, 5.74) is 0.670. The van der Waals surface area contributed by atoms with Gasteiger partial charge in [0.15, 0.2) is 0 Å². The molecule has 37 heavy (non-hydrogen) atoms. The quantitative estimate of drug-likeness (QED) is 0.478. The van der Waals surface area contributed by atoms with E-state index in [1.165, 1.54) is 17.0 Å². The van der Waals surface area contributed by atoms with Gasteiger partial charge in [0.2, 0.25) is 11.8 Å². The van der Waals surface area contributed by atoms with E-state index in [0.717, 1.165) is 0 Å². The predicted octanol–water partition coefficient (Wildman–Crippen LogP) is 3.17. The van der Waals surface area contributed by atoms with Crippen LogP contribution in [-0.2, 0) is 16.0 Å². The second kappa shape index (κ2) is 13.0. The highest BCUT2D eigenvalue weighted by Crippen LogP contribution is 2.29. The molecular formula is C25H37F3N4O5. The summed E-state index contributed by atoms with van der Waals surface area (Å²) in [5.74, 6) is -0.924. The number of halogens is 3. The lowest BCUT2D eigenvalue weighted by Crippen LogP contribution is -2.49. The molecule has 0 aliphatic carbocycles. The van der Waals surface area contributed by atoms with E-state index in [2.05, 4.69) is 10.6 Å². The molecule has 1 aliphatic heterocycles. The molecule has 2 rings (SSSR count). The molecule has 1 aromatic carbocycles. The van der Waals surface area contributed by atoms with Crippen molar-refractivity contribution < 1.29 is 37.4 Å². The minimum absolute atomic E-state index is 0.0576. The fourth-order valence-corrected chi connectivity index (χ4v) is 3.91. The van der Waals surface area contributed by atoms with Gasteiger partial charge in [-0.05, 0) is 39.0 Å². The number of hydrogen-bond acceptors (Lipinski definition) is 5. The highest BCUT2D eigenvalue weighted by molar-refractivity contribution is 5.91. The summed E-state index contributed by atoms with van der Waals surface area (Å²) in [4.78, 5) is 40.8. The van der Waals surface area contributed by atoms with Crippen molar-refractivity contribution in [3.8, 4) is 5.75 Å². The standard InChI is InChI=1S/C25H37F3N4O5/c1-15(2)29-24(36)31(5)13-21-16(3)12-32(17(4)14-33)23(35)11-18-10-19(6-7-20(18)37-21)30-22(34)8-9-25(26,27)28/h6-7,10,15-17,21,33H,8-9,11-14H2,1-5H3,(H,29,36)(H,30,34)/t16-,17+,21+/m1/s1. The van der Waals surface area contributed by atoms with Gasteiger partial charge in [-0.2, -0.15) is 13.2 Å². The minimum Gasteiger partial charge on any atom is -0.488 e. The molecule has 3 atom stereocenters. The summed E-state index contributed by atoms with van der Waals surface area (Å²) in [6.07, 6.45) is -7.03. The van der Waals surface area contributed by atoms with Gasteiger partial charge in [-0.3, -0.25) is 9.59 Å². The smallest absolute Gasteiger partial charge is 0.389 e. The van der Waals surface area contributed by atoms with Crippen molar-refractivity contribution in [2.24, 2.45) is 5.92 Å². The molecule has 0 aromatic heterocycles. The number of benzene rings is 1. The fraction of sp³-hybridized carbons (Fsp3) is 0.640. The molecule has 1 heterocycles. The molecule has 0 unspecified atom stereocenters. The van der Waals surface area contributed by atoms with E-state index < -0.39 is 37.1 Å². The molecule has 4 amide bonds. The molecule has 9 nitrogen and oxygen atoms in total. The Kier molecular flexibility index (Phi) is 10.6. The first-order valence-electron chi connectivity index (χ1n) is 12.3. The zero-order chi connectivity index (χ0) is 27.9. The molecule has 0 spiro atoms. The topological polar surface area (TPSA) is 111 Å². The number of nitrogens with zero attached hydrogens (tertiary/aromatic N) is 2. The van der Waals surface area contributed by atoms with Crippen LogP contribution in [-0.4, -0.2) is 83.9 Å². The van der Waals surface area contributed by atoms with E-state index in [-0.39, 0.29) is 55.7 Å². The molecule has 1 aromatic rings. The van der Waals surface area contributed by atoms with Gasteiger partial charge in [-0.25, -0.2) is 4.79 Å². The second-order valence-corrected chi connectivity index (χ2v) is 9.86. The number of aliphatic hydroxyl groups is 1. The van der Waals surface area contributed by atoms with Crippen molar-refractivity contribution in [3.05, 3.63) is 23.8 Å². The highest BCUT2D eigenvalue weighted by Gasteiger charge is 2.32. The number of nitrogens with one attached hydrogen (secondary N) is 2. The molecule has 0 bridgehead atoms. The van der Waals surface area contributed by atoms with Crippen LogP contribution >= 0.6 is 0 Å². The number of hydrogen-bond donors (Lipinski definition) is 3. The van der Waals surface area contributed by atoms with Crippen molar-refractivity contribution in [1.29, 1.82) is 0 Å². The third kappa shape index (κ3) is 9.42. The average Bonchev–Trinajstić information content (AvgIpc) is 2.84. The minimum atomic E-state index is -4.44. The Morgan fingerprint density at radius 1 is 1.27 bits per heavy atom. The van der Waals surface area contributed by atoms with Crippen molar-refractivity contribution >= 4 is 23.5 Å². The van der Waals surface area contributed by atoms with Crippen LogP contribution in [0.1, 0.15) is 46.1 Å². The van der Waals surface area contributed by atoms with Crippen LogP contribution < -0.4 is 15.4 Å². The predicted molar refractivity (Wildman–Crippen MR) is 132 cm³/mol. The van der Waals surface area contributed by atoms with Gasteiger partial charge in [0.25, 0.3) is 0 Å². The molecule has 208 valence electrons. The van der Waals surface area contributed by atoms with Crippen LogP contribution in [0.3, 0.4) is 0 Å². The number of fused-ring (bicyclic) bond motifs is 1. The second-order valence-electron chi connectivity index (χ2n) is 9.86. The molecule has 12 heteroatoms. The Morgan fingerprint density at radius 2 is 1.95 bits per heavy atom. The molecule has 0 saturated carbocycles. The van der Waals surface area contributed by atoms with E-state index in [0.29, 0.717) is 11.3 Å². The van der Waals surface area contributed by atoms with E-state index >= 15 is 0 Å². The number of likely N-dealkylation sites (N-methyl/N-ethyl adjacent to an activating group) is 1. The van der Waals surface area contributed by atoms with Crippen LogP contribution in [0, 0.1) is 5.92 Å². The maximum absolute atomic E-state index is 13.2. The maximum atomic E-state index is 13.2. The van der Waals surface area contributed by atoms with Crippen molar-refractivity contribution in [3.63, 3.8) is 0 Å². The van der Waals surface area contributed by atoms with Gasteiger partial charge < -0.3 is 30.3 Å². The number of ether oxygens (including phenoxy) is 1. The molecular weight excluding hydrogens is 493 g/mol. The van der Waals surface area contributed by atoms with Gasteiger partial charge in [0.05, 0.1) is 32.0 Å². The van der Waals surface area contributed by atoms with Crippen molar-refractivity contribution in [2.75, 3.05) is 32.1 Å². The van der Waals surface area contributed by atoms with Crippen LogP contribution in [0.4, 0.5) is 23.7 Å². The van der Waals surface area contributed by atoms with Gasteiger partial charge in [-0.1, -0.05) is 6.92 Å². The first-order valence-corrected chi connectivity index (χ1v) is 12.3. The summed E-state index contributed by atoms with van der Waals surface area (Å²) in [6.45, 7) is 7.55. The number of rotatable bonds is 8. The first-order chi connectivity index (χ1) is 17.2. The summed E-state index contributed by atoms with van der Waals surface area (Å²) < 4.78 is 43.7. The SMILES string of the molecule is CC(C)NC(=O)N(C)C[C@@H]1Oc2ccc(NC(=O)CCC(F)(F)F)cc2CC(=O)N([C@@H](C)CO)C[C@H]1C. The number of urea groups is 1. The number of aliphatic hydroxyl groups excluding tert-OH is 1.